The molecule has 0 bridgehead atoms. The second kappa shape index (κ2) is 13.5. The van der Waals surface area contributed by atoms with Gasteiger partial charge in [-0.25, -0.2) is 0 Å². The third-order valence-corrected chi connectivity index (χ3v) is 5.07. The van der Waals surface area contributed by atoms with E-state index in [-0.39, 0.29) is 0 Å². The molecule has 2 aromatic rings. The largest absolute Gasteiger partial charge is 0.381 e. The van der Waals surface area contributed by atoms with Crippen molar-refractivity contribution >= 4 is 29.4 Å². The van der Waals surface area contributed by atoms with Crippen molar-refractivity contribution in [3.05, 3.63) is 54.1 Å². The summed E-state index contributed by atoms with van der Waals surface area (Å²) in [6, 6.07) is 17.0. The minimum absolute atomic E-state index is 0.446. The zero-order valence-electron chi connectivity index (χ0n) is 17.0. The summed E-state index contributed by atoms with van der Waals surface area (Å²) in [5.74, 6) is 1.16. The number of benzene rings is 2. The van der Waals surface area contributed by atoms with Crippen molar-refractivity contribution in [2.24, 2.45) is 4.99 Å². The Hall–Kier alpha value is -1.74. The zero-order chi connectivity index (χ0) is 19.2. The summed E-state index contributed by atoms with van der Waals surface area (Å²) in [4.78, 5) is 5.95. The first kappa shape index (κ1) is 22.3. The SMILES string of the molecule is CC.CCCCSc1cccc(C=Nc2ccccc2)c1NC(C)CC. The van der Waals surface area contributed by atoms with E-state index in [9.17, 15) is 0 Å². The maximum Gasteiger partial charge on any atom is 0.0629 e. The van der Waals surface area contributed by atoms with Crippen molar-refractivity contribution in [3.8, 4) is 0 Å². The molecular formula is C23H34N2S. The molecule has 142 valence electrons. The molecule has 3 heteroatoms. The lowest BCUT2D eigenvalue weighted by Crippen LogP contribution is -2.15. The molecule has 1 N–H and O–H groups in total. The number of hydrogen-bond donors (Lipinski definition) is 1. The first-order valence-electron chi connectivity index (χ1n) is 9.86. The number of para-hydroxylation sites is 2. The normalized spacial score (nSPS) is 11.7. The second-order valence-electron chi connectivity index (χ2n) is 5.97. The zero-order valence-corrected chi connectivity index (χ0v) is 17.8. The minimum Gasteiger partial charge on any atom is -0.381 e. The fourth-order valence-electron chi connectivity index (χ4n) is 2.26. The van der Waals surface area contributed by atoms with Crippen molar-refractivity contribution in [2.75, 3.05) is 11.1 Å². The van der Waals surface area contributed by atoms with Crippen molar-refractivity contribution in [1.29, 1.82) is 0 Å². The Morgan fingerprint density at radius 2 is 1.77 bits per heavy atom. The van der Waals surface area contributed by atoms with Gasteiger partial charge in [0, 0.05) is 22.7 Å². The van der Waals surface area contributed by atoms with Gasteiger partial charge in [0.15, 0.2) is 0 Å². The van der Waals surface area contributed by atoms with Gasteiger partial charge in [0.1, 0.15) is 0 Å². The molecule has 2 nitrogen and oxygen atoms in total. The van der Waals surface area contributed by atoms with E-state index in [1.807, 2.05) is 62.2 Å². The number of rotatable bonds is 9. The number of unbranched alkanes of at least 4 members (excludes halogenated alkanes) is 1. The molecule has 0 saturated heterocycles. The molecule has 0 aromatic heterocycles. The lowest BCUT2D eigenvalue weighted by Gasteiger charge is -2.19. The molecule has 0 aliphatic carbocycles. The van der Waals surface area contributed by atoms with Gasteiger partial charge in [-0.15, -0.1) is 11.8 Å². The number of nitrogens with zero attached hydrogens (tertiary/aromatic N) is 1. The van der Waals surface area contributed by atoms with E-state index >= 15 is 0 Å². The Balaban J connectivity index is 0.00000163. The summed E-state index contributed by atoms with van der Waals surface area (Å²) in [5, 5.41) is 3.68. The Labute approximate surface area is 164 Å². The first-order chi connectivity index (χ1) is 12.7. The summed E-state index contributed by atoms with van der Waals surface area (Å²) in [6.45, 7) is 10.7. The van der Waals surface area contributed by atoms with E-state index in [0.717, 1.165) is 23.4 Å². The molecule has 0 heterocycles. The van der Waals surface area contributed by atoms with Crippen LogP contribution in [0.25, 0.3) is 0 Å². The molecule has 26 heavy (non-hydrogen) atoms. The summed E-state index contributed by atoms with van der Waals surface area (Å²) in [7, 11) is 0. The molecule has 0 aliphatic rings. The van der Waals surface area contributed by atoms with E-state index < -0.39 is 0 Å². The second-order valence-corrected chi connectivity index (χ2v) is 7.11. The minimum atomic E-state index is 0.446. The van der Waals surface area contributed by atoms with Gasteiger partial charge in [0.2, 0.25) is 0 Å². The topological polar surface area (TPSA) is 24.4 Å². The van der Waals surface area contributed by atoms with Gasteiger partial charge in [0.25, 0.3) is 0 Å². The predicted octanol–water partition coefficient (Wildman–Crippen LogP) is 7.57. The molecule has 0 fully saturated rings. The maximum absolute atomic E-state index is 4.63. The van der Waals surface area contributed by atoms with Crippen LogP contribution in [0, 0.1) is 0 Å². The molecule has 1 unspecified atom stereocenters. The number of thioether (sulfide) groups is 1. The molecular weight excluding hydrogens is 336 g/mol. The average Bonchev–Trinajstić information content (AvgIpc) is 2.70. The number of anilines is 1. The standard InChI is InChI=1S/C21H28N2S.C2H6/c1-4-6-15-24-20-14-10-11-18(21(20)23-17(3)5-2)16-22-19-12-8-7-9-13-19;1-2/h7-14,16-17,23H,4-6,15H2,1-3H3;1-2H3. The van der Waals surface area contributed by atoms with Gasteiger partial charge in [0.05, 0.1) is 11.4 Å². The van der Waals surface area contributed by atoms with Crippen LogP contribution in [-0.2, 0) is 0 Å². The highest BCUT2D eigenvalue weighted by atomic mass is 32.2. The van der Waals surface area contributed by atoms with Crippen LogP contribution in [0.3, 0.4) is 0 Å². The van der Waals surface area contributed by atoms with Gasteiger partial charge in [-0.1, -0.05) is 64.4 Å². The molecule has 0 radical (unpaired) electrons. The van der Waals surface area contributed by atoms with Crippen molar-refractivity contribution < 1.29 is 0 Å². The average molecular weight is 371 g/mol. The third kappa shape index (κ3) is 7.65. The summed E-state index contributed by atoms with van der Waals surface area (Å²) in [5.41, 5.74) is 3.35. The van der Waals surface area contributed by atoms with Crippen LogP contribution in [-0.4, -0.2) is 18.0 Å². The Kier molecular flexibility index (Phi) is 11.5. The van der Waals surface area contributed by atoms with Crippen LogP contribution < -0.4 is 5.32 Å². The molecule has 1 atom stereocenters. The summed E-state index contributed by atoms with van der Waals surface area (Å²) < 4.78 is 0. The van der Waals surface area contributed by atoms with E-state index in [2.05, 4.69) is 49.3 Å². The summed E-state index contributed by atoms with van der Waals surface area (Å²) >= 11 is 1.94. The van der Waals surface area contributed by atoms with E-state index in [1.165, 1.54) is 23.4 Å². The van der Waals surface area contributed by atoms with Crippen LogP contribution in [0.1, 0.15) is 59.4 Å². The summed E-state index contributed by atoms with van der Waals surface area (Å²) in [6.07, 6.45) is 5.55. The van der Waals surface area contributed by atoms with E-state index in [0.29, 0.717) is 6.04 Å². The highest BCUT2D eigenvalue weighted by Gasteiger charge is 2.10. The van der Waals surface area contributed by atoms with Crippen LogP contribution in [0.5, 0.6) is 0 Å². The van der Waals surface area contributed by atoms with Crippen molar-refractivity contribution in [2.45, 2.75) is 64.8 Å². The van der Waals surface area contributed by atoms with Gasteiger partial charge < -0.3 is 5.32 Å². The van der Waals surface area contributed by atoms with Crippen LogP contribution in [0.4, 0.5) is 11.4 Å². The Bertz CT molecular complexity index is 638. The van der Waals surface area contributed by atoms with Gasteiger partial charge in [-0.05, 0) is 43.7 Å². The highest BCUT2D eigenvalue weighted by molar-refractivity contribution is 7.99. The quantitative estimate of drug-likeness (QED) is 0.280. The lowest BCUT2D eigenvalue weighted by atomic mass is 10.1. The van der Waals surface area contributed by atoms with Crippen molar-refractivity contribution in [1.82, 2.24) is 0 Å². The molecule has 0 saturated carbocycles. The van der Waals surface area contributed by atoms with Gasteiger partial charge in [-0.3, -0.25) is 4.99 Å². The maximum atomic E-state index is 4.63. The van der Waals surface area contributed by atoms with Crippen LogP contribution in [0.15, 0.2) is 58.4 Å². The molecule has 2 aromatic carbocycles. The Morgan fingerprint density at radius 3 is 2.42 bits per heavy atom. The highest BCUT2D eigenvalue weighted by Crippen LogP contribution is 2.31. The third-order valence-electron chi connectivity index (χ3n) is 3.93. The lowest BCUT2D eigenvalue weighted by molar-refractivity contribution is 0.761. The van der Waals surface area contributed by atoms with Crippen LogP contribution >= 0.6 is 11.8 Å². The van der Waals surface area contributed by atoms with Gasteiger partial charge >= 0.3 is 0 Å². The van der Waals surface area contributed by atoms with E-state index in [1.54, 1.807) is 0 Å². The monoisotopic (exact) mass is 370 g/mol. The molecule has 2 rings (SSSR count). The fourth-order valence-corrected chi connectivity index (χ4v) is 3.41. The van der Waals surface area contributed by atoms with Crippen molar-refractivity contribution in [3.63, 3.8) is 0 Å². The Morgan fingerprint density at radius 1 is 1.04 bits per heavy atom. The van der Waals surface area contributed by atoms with Crippen LogP contribution in [0.2, 0.25) is 0 Å². The predicted molar refractivity (Wildman–Crippen MR) is 120 cm³/mol. The van der Waals surface area contributed by atoms with E-state index in [4.69, 9.17) is 0 Å². The molecule has 0 aliphatic heterocycles. The number of nitrogens with one attached hydrogen (secondary N) is 1. The fraction of sp³-hybridized carbons (Fsp3) is 0.435. The smallest absolute Gasteiger partial charge is 0.0629 e. The number of hydrogen-bond acceptors (Lipinski definition) is 3. The first-order valence-corrected chi connectivity index (χ1v) is 10.8. The molecule has 0 amide bonds. The molecule has 0 spiro atoms. The van der Waals surface area contributed by atoms with Gasteiger partial charge in [-0.2, -0.15) is 0 Å². The number of aliphatic imine (C=N–C) groups is 1.